The maximum atomic E-state index is 10.9. The monoisotopic (exact) mass is 267 g/mol. The highest BCUT2D eigenvalue weighted by atomic mass is 35.5. The smallest absolute Gasteiger partial charge is 0.147 e. The SMILES string of the molecule is CS(=O)(=O)CCCNCC1CCCCC1Cl. The van der Waals surface area contributed by atoms with Crippen molar-refractivity contribution in [3.05, 3.63) is 0 Å². The fraction of sp³-hybridized carbons (Fsp3) is 1.00. The lowest BCUT2D eigenvalue weighted by molar-refractivity contribution is 0.349. The zero-order valence-electron chi connectivity index (χ0n) is 9.91. The van der Waals surface area contributed by atoms with Crippen LogP contribution >= 0.6 is 11.6 Å². The molecule has 0 bridgehead atoms. The standard InChI is InChI=1S/C11H22ClNO2S/c1-16(14,15)8-4-7-13-9-10-5-2-3-6-11(10)12/h10-11,13H,2-9H2,1H3. The molecule has 0 spiro atoms. The van der Waals surface area contributed by atoms with E-state index in [4.69, 9.17) is 11.6 Å². The van der Waals surface area contributed by atoms with E-state index in [9.17, 15) is 8.42 Å². The maximum absolute atomic E-state index is 10.9. The molecule has 0 radical (unpaired) electrons. The molecular formula is C11H22ClNO2S. The van der Waals surface area contributed by atoms with Crippen molar-refractivity contribution in [2.75, 3.05) is 25.1 Å². The fourth-order valence-electron chi connectivity index (χ4n) is 2.14. The molecule has 1 N–H and O–H groups in total. The van der Waals surface area contributed by atoms with E-state index in [1.165, 1.54) is 25.5 Å². The minimum atomic E-state index is -2.81. The minimum Gasteiger partial charge on any atom is -0.316 e. The quantitative estimate of drug-likeness (QED) is 0.590. The Bertz CT molecular complexity index is 292. The Morgan fingerprint density at radius 3 is 2.62 bits per heavy atom. The zero-order chi connectivity index (χ0) is 12.0. The summed E-state index contributed by atoms with van der Waals surface area (Å²) in [4.78, 5) is 0. The van der Waals surface area contributed by atoms with Gasteiger partial charge in [0.05, 0.1) is 5.75 Å². The molecule has 1 saturated carbocycles. The molecule has 0 amide bonds. The molecule has 0 aromatic rings. The Morgan fingerprint density at radius 1 is 1.31 bits per heavy atom. The summed E-state index contributed by atoms with van der Waals surface area (Å²) < 4.78 is 21.8. The highest BCUT2D eigenvalue weighted by Crippen LogP contribution is 2.27. The van der Waals surface area contributed by atoms with Gasteiger partial charge in [-0.3, -0.25) is 0 Å². The highest BCUT2D eigenvalue weighted by molar-refractivity contribution is 7.90. The second-order valence-electron chi connectivity index (χ2n) is 4.75. The number of nitrogens with one attached hydrogen (secondary N) is 1. The summed E-state index contributed by atoms with van der Waals surface area (Å²) in [7, 11) is -2.81. The molecule has 1 fully saturated rings. The average Bonchev–Trinajstić information content (AvgIpc) is 2.18. The molecule has 2 atom stereocenters. The van der Waals surface area contributed by atoms with Crippen LogP contribution in [0.5, 0.6) is 0 Å². The Kier molecular flexibility index (Phi) is 6.08. The van der Waals surface area contributed by atoms with Gasteiger partial charge in [-0.25, -0.2) is 8.42 Å². The van der Waals surface area contributed by atoms with Crippen molar-refractivity contribution in [2.45, 2.75) is 37.5 Å². The molecule has 0 aromatic heterocycles. The molecule has 5 heteroatoms. The largest absolute Gasteiger partial charge is 0.316 e. The third-order valence-corrected chi connectivity index (χ3v) is 4.70. The van der Waals surface area contributed by atoms with E-state index in [0.29, 0.717) is 17.7 Å². The van der Waals surface area contributed by atoms with Gasteiger partial charge in [-0.05, 0) is 38.3 Å². The van der Waals surface area contributed by atoms with Crippen LogP contribution in [0.2, 0.25) is 0 Å². The highest BCUT2D eigenvalue weighted by Gasteiger charge is 2.22. The molecule has 96 valence electrons. The molecule has 1 rings (SSSR count). The molecule has 3 nitrogen and oxygen atoms in total. The molecule has 0 aliphatic heterocycles. The second kappa shape index (κ2) is 6.82. The normalized spacial score (nSPS) is 26.9. The Morgan fingerprint density at radius 2 is 2.00 bits per heavy atom. The van der Waals surface area contributed by atoms with Crippen molar-refractivity contribution in [3.8, 4) is 0 Å². The van der Waals surface area contributed by atoms with E-state index in [2.05, 4.69) is 5.32 Å². The van der Waals surface area contributed by atoms with Crippen molar-refractivity contribution < 1.29 is 8.42 Å². The number of rotatable bonds is 6. The maximum Gasteiger partial charge on any atom is 0.147 e. The van der Waals surface area contributed by atoms with Crippen LogP contribution in [0.25, 0.3) is 0 Å². The van der Waals surface area contributed by atoms with Crippen LogP contribution in [0.3, 0.4) is 0 Å². The first-order valence-electron chi connectivity index (χ1n) is 6.01. The summed E-state index contributed by atoms with van der Waals surface area (Å²) in [6.45, 7) is 1.70. The lowest BCUT2D eigenvalue weighted by atomic mass is 9.89. The summed E-state index contributed by atoms with van der Waals surface area (Å²) in [5, 5.41) is 3.61. The van der Waals surface area contributed by atoms with Crippen LogP contribution in [0.1, 0.15) is 32.1 Å². The number of halogens is 1. The topological polar surface area (TPSA) is 46.2 Å². The van der Waals surface area contributed by atoms with Gasteiger partial charge in [0.25, 0.3) is 0 Å². The van der Waals surface area contributed by atoms with Crippen molar-refractivity contribution in [1.82, 2.24) is 5.32 Å². The fourth-order valence-corrected chi connectivity index (χ4v) is 3.18. The molecule has 0 aromatic carbocycles. The molecule has 0 saturated heterocycles. The van der Waals surface area contributed by atoms with Gasteiger partial charge in [0.2, 0.25) is 0 Å². The van der Waals surface area contributed by atoms with Crippen molar-refractivity contribution in [3.63, 3.8) is 0 Å². The summed E-state index contributed by atoms with van der Waals surface area (Å²) in [5.74, 6) is 0.836. The van der Waals surface area contributed by atoms with Crippen LogP contribution in [0.4, 0.5) is 0 Å². The molecule has 2 unspecified atom stereocenters. The Labute approximate surface area is 104 Å². The Hall–Kier alpha value is 0.200. The van der Waals surface area contributed by atoms with E-state index in [0.717, 1.165) is 19.5 Å². The van der Waals surface area contributed by atoms with E-state index in [1.807, 2.05) is 0 Å². The van der Waals surface area contributed by atoms with Gasteiger partial charge >= 0.3 is 0 Å². The van der Waals surface area contributed by atoms with Gasteiger partial charge in [-0.2, -0.15) is 0 Å². The first-order valence-corrected chi connectivity index (χ1v) is 8.51. The molecule has 1 aliphatic carbocycles. The number of hydrogen-bond donors (Lipinski definition) is 1. The van der Waals surface area contributed by atoms with E-state index in [1.54, 1.807) is 0 Å². The van der Waals surface area contributed by atoms with Crippen LogP contribution in [-0.4, -0.2) is 38.9 Å². The van der Waals surface area contributed by atoms with E-state index in [-0.39, 0.29) is 5.75 Å². The Balaban J connectivity index is 2.06. The number of hydrogen-bond acceptors (Lipinski definition) is 3. The van der Waals surface area contributed by atoms with Gasteiger partial charge in [-0.1, -0.05) is 12.8 Å². The third kappa shape index (κ3) is 6.06. The summed E-state index contributed by atoms with van der Waals surface area (Å²) in [5.41, 5.74) is 0. The molecule has 16 heavy (non-hydrogen) atoms. The van der Waals surface area contributed by atoms with Gasteiger partial charge in [-0.15, -0.1) is 11.6 Å². The summed E-state index contributed by atoms with van der Waals surface area (Å²) >= 11 is 6.23. The molecular weight excluding hydrogens is 246 g/mol. The van der Waals surface area contributed by atoms with Crippen LogP contribution in [-0.2, 0) is 9.84 Å². The van der Waals surface area contributed by atoms with Crippen LogP contribution in [0, 0.1) is 5.92 Å². The van der Waals surface area contributed by atoms with Crippen LogP contribution < -0.4 is 5.32 Å². The minimum absolute atomic E-state index is 0.273. The van der Waals surface area contributed by atoms with Crippen LogP contribution in [0.15, 0.2) is 0 Å². The first-order chi connectivity index (χ1) is 7.49. The predicted molar refractivity (Wildman–Crippen MR) is 68.8 cm³/mol. The third-order valence-electron chi connectivity index (χ3n) is 3.09. The van der Waals surface area contributed by atoms with Gasteiger partial charge in [0.15, 0.2) is 0 Å². The van der Waals surface area contributed by atoms with Crippen molar-refractivity contribution in [2.24, 2.45) is 5.92 Å². The van der Waals surface area contributed by atoms with Gasteiger partial charge in [0.1, 0.15) is 9.84 Å². The van der Waals surface area contributed by atoms with Gasteiger partial charge < -0.3 is 5.32 Å². The number of sulfone groups is 1. The van der Waals surface area contributed by atoms with Crippen molar-refractivity contribution >= 4 is 21.4 Å². The van der Waals surface area contributed by atoms with Gasteiger partial charge in [0, 0.05) is 11.6 Å². The summed E-state index contributed by atoms with van der Waals surface area (Å²) in [6, 6.07) is 0. The first kappa shape index (κ1) is 14.3. The predicted octanol–water partition coefficient (Wildman–Crippen LogP) is 1.81. The van der Waals surface area contributed by atoms with Crippen molar-refractivity contribution in [1.29, 1.82) is 0 Å². The average molecular weight is 268 g/mol. The molecule has 1 aliphatic rings. The molecule has 0 heterocycles. The second-order valence-corrected chi connectivity index (χ2v) is 7.57. The lowest BCUT2D eigenvalue weighted by Gasteiger charge is -2.27. The zero-order valence-corrected chi connectivity index (χ0v) is 11.5. The van der Waals surface area contributed by atoms with E-state index < -0.39 is 9.84 Å². The number of alkyl halides is 1. The summed E-state index contributed by atoms with van der Waals surface area (Å²) in [6.07, 6.45) is 6.82. The lowest BCUT2D eigenvalue weighted by Crippen LogP contribution is -2.32. The van der Waals surface area contributed by atoms with E-state index >= 15 is 0 Å².